The Hall–Kier alpha value is -2.29. The van der Waals surface area contributed by atoms with Gasteiger partial charge in [-0.1, -0.05) is 12.1 Å². The minimum atomic E-state index is -5.27. The molecule has 0 aliphatic carbocycles. The zero-order chi connectivity index (χ0) is 19.4. The average Bonchev–Trinajstić information content (AvgIpc) is 2.52. The number of alkyl halides is 3. The van der Waals surface area contributed by atoms with Crippen molar-refractivity contribution in [2.75, 3.05) is 18.6 Å². The summed E-state index contributed by atoms with van der Waals surface area (Å²) in [6.07, 6.45) is -6.34. The van der Waals surface area contributed by atoms with E-state index >= 15 is 0 Å². The monoisotopic (exact) mass is 363 g/mol. The van der Waals surface area contributed by atoms with E-state index in [1.165, 1.54) is 14.0 Å². The maximum absolute atomic E-state index is 13.3. The number of carbonyl (C=O) groups is 2. The highest BCUT2D eigenvalue weighted by Crippen LogP contribution is 2.40. The number of hydrogen-bond donors (Lipinski definition) is 1. The van der Waals surface area contributed by atoms with Gasteiger partial charge in [-0.15, -0.1) is 0 Å². The van der Waals surface area contributed by atoms with Crippen LogP contribution in [0.2, 0.25) is 0 Å². The average molecular weight is 363 g/mol. The summed E-state index contributed by atoms with van der Waals surface area (Å²) in [5.41, 5.74) is -4.28. The molecule has 1 atom stereocenters. The molecule has 1 amide bonds. The van der Waals surface area contributed by atoms with Crippen LogP contribution in [-0.4, -0.2) is 43.1 Å². The summed E-state index contributed by atoms with van der Waals surface area (Å²) >= 11 is 0. The van der Waals surface area contributed by atoms with Crippen molar-refractivity contribution in [3.8, 4) is 0 Å². The molecule has 0 spiro atoms. The quantitative estimate of drug-likeness (QED) is 0.814. The summed E-state index contributed by atoms with van der Waals surface area (Å²) in [7, 11) is 1.38. The predicted molar refractivity (Wildman–Crippen MR) is 83.0 cm³/mol. The molecule has 0 aliphatic rings. The van der Waals surface area contributed by atoms with Crippen molar-refractivity contribution in [2.45, 2.75) is 38.7 Å². The Morgan fingerprint density at radius 1 is 1.20 bits per heavy atom. The molecule has 0 heterocycles. The van der Waals surface area contributed by atoms with Crippen LogP contribution in [0.1, 0.15) is 26.3 Å². The van der Waals surface area contributed by atoms with Crippen molar-refractivity contribution >= 4 is 17.7 Å². The van der Waals surface area contributed by atoms with Gasteiger partial charge >= 0.3 is 18.2 Å². The molecule has 0 fully saturated rings. The molecule has 0 saturated carbocycles. The highest BCUT2D eigenvalue weighted by Gasteiger charge is 2.62. The molecule has 0 saturated heterocycles. The summed E-state index contributed by atoms with van der Waals surface area (Å²) in [4.78, 5) is 24.6. The van der Waals surface area contributed by atoms with Crippen LogP contribution in [0, 0.1) is 0 Å². The minimum Gasteiger partial charge on any atom is -0.463 e. The largest absolute Gasteiger partial charge is 0.463 e. The number of hydrogen-bond acceptors (Lipinski definition) is 5. The number of amides is 1. The molecule has 0 unspecified atom stereocenters. The first kappa shape index (κ1) is 20.8. The predicted octanol–water partition coefficient (Wildman–Crippen LogP) is 2.98. The van der Waals surface area contributed by atoms with Crippen molar-refractivity contribution in [2.24, 2.45) is 0 Å². The van der Waals surface area contributed by atoms with Crippen molar-refractivity contribution in [3.63, 3.8) is 0 Å². The van der Waals surface area contributed by atoms with E-state index < -0.39 is 29.4 Å². The lowest BCUT2D eigenvalue weighted by Crippen LogP contribution is -2.50. The van der Waals surface area contributed by atoms with Crippen molar-refractivity contribution in [1.82, 2.24) is 0 Å². The van der Waals surface area contributed by atoms with Gasteiger partial charge in [0.15, 0.2) is 0 Å². The van der Waals surface area contributed by atoms with Gasteiger partial charge in [0.2, 0.25) is 0 Å². The number of rotatable bonds is 5. The number of ether oxygens (including phenoxy) is 2. The molecule has 0 aromatic heterocycles. The van der Waals surface area contributed by atoms with Gasteiger partial charge in [-0.25, -0.2) is 9.59 Å². The Bertz CT molecular complexity index is 615. The van der Waals surface area contributed by atoms with Gasteiger partial charge in [0.05, 0.1) is 12.7 Å². The van der Waals surface area contributed by atoms with Crippen LogP contribution < -0.4 is 4.90 Å². The number of benzene rings is 1. The molecular weight excluding hydrogens is 343 g/mol. The maximum atomic E-state index is 13.3. The molecule has 25 heavy (non-hydrogen) atoms. The van der Waals surface area contributed by atoms with Gasteiger partial charge in [0, 0.05) is 18.3 Å². The van der Waals surface area contributed by atoms with Gasteiger partial charge in [0.1, 0.15) is 0 Å². The number of halogens is 3. The Balaban J connectivity index is 3.17. The maximum Gasteiger partial charge on any atom is 0.432 e. The zero-order valence-electron chi connectivity index (χ0n) is 14.3. The standard InChI is InChI=1S/C16H20F3NO5/c1-5-24-13(21)15(23,16(17,18)19)11-6-8-12(9-7-11)20(4)14(22)25-10(2)3/h6-10,23H,5H2,1-4H3/t15-/m1/s1. The summed E-state index contributed by atoms with van der Waals surface area (Å²) in [6.45, 7) is 4.31. The lowest BCUT2D eigenvalue weighted by Gasteiger charge is -2.29. The molecule has 1 aromatic rings. The van der Waals surface area contributed by atoms with E-state index in [4.69, 9.17) is 4.74 Å². The summed E-state index contributed by atoms with van der Waals surface area (Å²) in [5, 5.41) is 9.97. The van der Waals surface area contributed by atoms with Crippen LogP contribution in [0.3, 0.4) is 0 Å². The lowest BCUT2D eigenvalue weighted by molar-refractivity contribution is -0.267. The van der Waals surface area contributed by atoms with Crippen LogP contribution in [0.25, 0.3) is 0 Å². The molecule has 9 heteroatoms. The molecule has 6 nitrogen and oxygen atoms in total. The van der Waals surface area contributed by atoms with E-state index in [2.05, 4.69) is 4.74 Å². The summed E-state index contributed by atoms with van der Waals surface area (Å²) in [5.74, 6) is -1.82. The second-order valence-electron chi connectivity index (χ2n) is 5.47. The van der Waals surface area contributed by atoms with E-state index in [9.17, 15) is 27.9 Å². The molecule has 1 N–H and O–H groups in total. The first-order valence-corrected chi connectivity index (χ1v) is 7.46. The first-order valence-electron chi connectivity index (χ1n) is 7.46. The molecule has 0 aliphatic heterocycles. The number of anilines is 1. The van der Waals surface area contributed by atoms with Crippen LogP contribution >= 0.6 is 0 Å². The van der Waals surface area contributed by atoms with E-state index in [0.717, 1.165) is 29.2 Å². The van der Waals surface area contributed by atoms with Crippen molar-refractivity contribution < 1.29 is 37.3 Å². The minimum absolute atomic E-state index is 0.225. The van der Waals surface area contributed by atoms with Gasteiger partial charge in [-0.3, -0.25) is 4.90 Å². The Morgan fingerprint density at radius 2 is 1.72 bits per heavy atom. The van der Waals surface area contributed by atoms with Gasteiger partial charge in [-0.2, -0.15) is 13.2 Å². The fourth-order valence-corrected chi connectivity index (χ4v) is 1.95. The smallest absolute Gasteiger partial charge is 0.432 e. The molecule has 0 radical (unpaired) electrons. The highest BCUT2D eigenvalue weighted by atomic mass is 19.4. The first-order chi connectivity index (χ1) is 11.4. The van der Waals surface area contributed by atoms with Gasteiger partial charge in [-0.05, 0) is 32.9 Å². The topological polar surface area (TPSA) is 76.1 Å². The molecular formula is C16H20F3NO5. The molecule has 1 aromatic carbocycles. The zero-order valence-corrected chi connectivity index (χ0v) is 14.3. The van der Waals surface area contributed by atoms with E-state index in [1.807, 2.05) is 0 Å². The fourth-order valence-electron chi connectivity index (χ4n) is 1.95. The van der Waals surface area contributed by atoms with Crippen LogP contribution in [0.5, 0.6) is 0 Å². The summed E-state index contributed by atoms with van der Waals surface area (Å²) in [6, 6.07) is 4.12. The summed E-state index contributed by atoms with van der Waals surface area (Å²) < 4.78 is 49.1. The second kappa shape index (κ2) is 7.73. The van der Waals surface area contributed by atoms with Crippen LogP contribution in [-0.2, 0) is 19.9 Å². The van der Waals surface area contributed by atoms with Crippen molar-refractivity contribution in [3.05, 3.63) is 29.8 Å². The third-order valence-electron chi connectivity index (χ3n) is 3.26. The highest BCUT2D eigenvalue weighted by molar-refractivity contribution is 5.87. The van der Waals surface area contributed by atoms with E-state index in [1.54, 1.807) is 13.8 Å². The SMILES string of the molecule is CCOC(=O)[C@](O)(c1ccc(N(C)C(=O)OC(C)C)cc1)C(F)(F)F. The number of nitrogens with zero attached hydrogens (tertiary/aromatic N) is 1. The normalized spacial score (nSPS) is 14.0. The molecule has 1 rings (SSSR count). The Labute approximate surface area is 143 Å². The Kier molecular flexibility index (Phi) is 6.42. The Morgan fingerprint density at radius 3 is 2.12 bits per heavy atom. The van der Waals surface area contributed by atoms with E-state index in [-0.39, 0.29) is 18.4 Å². The number of aliphatic hydroxyl groups is 1. The fraction of sp³-hybridized carbons (Fsp3) is 0.500. The number of carbonyl (C=O) groups excluding carboxylic acids is 2. The molecule has 140 valence electrons. The second-order valence-corrected chi connectivity index (χ2v) is 5.47. The third-order valence-corrected chi connectivity index (χ3v) is 3.26. The molecule has 0 bridgehead atoms. The third kappa shape index (κ3) is 4.41. The van der Waals surface area contributed by atoms with Crippen molar-refractivity contribution in [1.29, 1.82) is 0 Å². The van der Waals surface area contributed by atoms with Crippen LogP contribution in [0.15, 0.2) is 24.3 Å². The van der Waals surface area contributed by atoms with Crippen LogP contribution in [0.4, 0.5) is 23.7 Å². The lowest BCUT2D eigenvalue weighted by atomic mass is 9.93. The van der Waals surface area contributed by atoms with Gasteiger partial charge < -0.3 is 14.6 Å². The van der Waals surface area contributed by atoms with Gasteiger partial charge in [0.25, 0.3) is 5.60 Å². The number of esters is 1. The van der Waals surface area contributed by atoms with E-state index in [0.29, 0.717) is 0 Å².